The van der Waals surface area contributed by atoms with Crippen LogP contribution in [0.5, 0.6) is 5.75 Å². The van der Waals surface area contributed by atoms with Crippen molar-refractivity contribution in [3.8, 4) is 5.75 Å². The molecule has 0 aliphatic rings. The summed E-state index contributed by atoms with van der Waals surface area (Å²) in [6.45, 7) is 0.367. The Hall–Kier alpha value is -4.07. The van der Waals surface area contributed by atoms with Crippen LogP contribution < -0.4 is 15.5 Å². The smallest absolute Gasteiger partial charge is 0.254 e. The molecular formula is C24H21F2N3O3. The summed E-state index contributed by atoms with van der Waals surface area (Å²) in [7, 11) is 0. The van der Waals surface area contributed by atoms with Crippen LogP contribution in [-0.2, 0) is 11.4 Å². The molecule has 3 aromatic rings. The van der Waals surface area contributed by atoms with E-state index in [9.17, 15) is 18.4 Å². The molecule has 0 saturated heterocycles. The number of halogens is 2. The van der Waals surface area contributed by atoms with Crippen molar-refractivity contribution in [1.29, 1.82) is 0 Å². The first-order valence-corrected chi connectivity index (χ1v) is 9.83. The molecular weight excluding hydrogens is 416 g/mol. The Morgan fingerprint density at radius 1 is 0.938 bits per heavy atom. The molecule has 3 rings (SSSR count). The maximum Gasteiger partial charge on any atom is 0.254 e. The number of amides is 2. The molecule has 0 aliphatic heterocycles. The number of hydrazone groups is 1. The van der Waals surface area contributed by atoms with Crippen LogP contribution in [0, 0.1) is 11.6 Å². The lowest BCUT2D eigenvalue weighted by molar-refractivity contribution is -0.120. The normalized spacial score (nSPS) is 10.7. The molecule has 3 aromatic carbocycles. The fourth-order valence-corrected chi connectivity index (χ4v) is 2.66. The van der Waals surface area contributed by atoms with Crippen molar-refractivity contribution in [3.63, 3.8) is 0 Å². The summed E-state index contributed by atoms with van der Waals surface area (Å²) < 4.78 is 32.1. The van der Waals surface area contributed by atoms with Crippen molar-refractivity contribution in [2.75, 3.05) is 6.54 Å². The second kappa shape index (κ2) is 11.4. The van der Waals surface area contributed by atoms with E-state index in [2.05, 4.69) is 15.8 Å². The van der Waals surface area contributed by atoms with Gasteiger partial charge in [-0.25, -0.2) is 14.2 Å². The number of benzene rings is 3. The van der Waals surface area contributed by atoms with Crippen LogP contribution >= 0.6 is 0 Å². The second-order valence-electron chi connectivity index (χ2n) is 6.76. The quantitative estimate of drug-likeness (QED) is 0.395. The number of hydrogen-bond donors (Lipinski definition) is 2. The van der Waals surface area contributed by atoms with Gasteiger partial charge in [0.05, 0.1) is 11.8 Å². The van der Waals surface area contributed by atoms with Crippen LogP contribution in [-0.4, -0.2) is 24.6 Å². The summed E-state index contributed by atoms with van der Waals surface area (Å²) in [5, 5.41) is 6.36. The highest BCUT2D eigenvalue weighted by molar-refractivity contribution is 5.94. The molecule has 2 amide bonds. The highest BCUT2D eigenvalue weighted by Gasteiger charge is 2.10. The molecule has 0 spiro atoms. The van der Waals surface area contributed by atoms with Crippen LogP contribution in [0.15, 0.2) is 77.9 Å². The largest absolute Gasteiger partial charge is 0.489 e. The summed E-state index contributed by atoms with van der Waals surface area (Å²) in [5.74, 6) is -1.25. The molecule has 0 radical (unpaired) electrons. The molecule has 8 heteroatoms. The van der Waals surface area contributed by atoms with E-state index in [-0.39, 0.29) is 24.3 Å². The van der Waals surface area contributed by atoms with Crippen LogP contribution in [0.4, 0.5) is 8.78 Å². The molecule has 0 aromatic heterocycles. The zero-order valence-electron chi connectivity index (χ0n) is 17.1. The third-order valence-corrected chi connectivity index (χ3v) is 4.36. The summed E-state index contributed by atoms with van der Waals surface area (Å²) in [6.07, 6.45) is 1.47. The summed E-state index contributed by atoms with van der Waals surface area (Å²) in [6, 6.07) is 18.7. The van der Waals surface area contributed by atoms with Gasteiger partial charge in [-0.1, -0.05) is 24.3 Å². The molecule has 0 bridgehead atoms. The van der Waals surface area contributed by atoms with Crippen molar-refractivity contribution in [1.82, 2.24) is 10.7 Å². The van der Waals surface area contributed by atoms with Gasteiger partial charge in [0.25, 0.3) is 5.91 Å². The highest BCUT2D eigenvalue weighted by atomic mass is 19.1. The lowest BCUT2D eigenvalue weighted by atomic mass is 10.2. The maximum atomic E-state index is 13.5. The van der Waals surface area contributed by atoms with Gasteiger partial charge in [0.1, 0.15) is 24.0 Å². The number of carbonyl (C=O) groups excluding carboxylic acids is 2. The van der Waals surface area contributed by atoms with Crippen molar-refractivity contribution >= 4 is 18.0 Å². The van der Waals surface area contributed by atoms with Gasteiger partial charge in [-0.15, -0.1) is 0 Å². The topological polar surface area (TPSA) is 79.8 Å². The fourth-order valence-electron chi connectivity index (χ4n) is 2.66. The van der Waals surface area contributed by atoms with Gasteiger partial charge in [-0.3, -0.25) is 9.59 Å². The molecule has 6 nitrogen and oxygen atoms in total. The monoisotopic (exact) mass is 437 g/mol. The van der Waals surface area contributed by atoms with Gasteiger partial charge >= 0.3 is 0 Å². The van der Waals surface area contributed by atoms with Gasteiger partial charge < -0.3 is 10.1 Å². The number of hydrogen-bond acceptors (Lipinski definition) is 4. The zero-order chi connectivity index (χ0) is 22.8. The Bertz CT molecular complexity index is 1080. The van der Waals surface area contributed by atoms with Crippen LogP contribution in [0.1, 0.15) is 27.9 Å². The summed E-state index contributed by atoms with van der Waals surface area (Å²) in [4.78, 5) is 23.7. The van der Waals surface area contributed by atoms with E-state index in [0.29, 0.717) is 12.4 Å². The standard InChI is InChI=1S/C24H21F2N3O3/c25-19-9-5-18(6-10-19)16-32-20-11-7-17(8-12-20)15-28-29-23(30)13-14-27-24(31)21-3-1-2-4-22(21)26/h1-12,15H,13-14,16H2,(H,27,31)(H,29,30). The Labute approximate surface area is 183 Å². The van der Waals surface area contributed by atoms with Crippen molar-refractivity contribution < 1.29 is 23.1 Å². The molecule has 0 saturated carbocycles. The lowest BCUT2D eigenvalue weighted by Crippen LogP contribution is -2.29. The first-order chi connectivity index (χ1) is 15.5. The maximum absolute atomic E-state index is 13.5. The van der Waals surface area contributed by atoms with Crippen LogP contribution in [0.25, 0.3) is 0 Å². The van der Waals surface area contributed by atoms with E-state index in [0.717, 1.165) is 11.1 Å². The fraction of sp³-hybridized carbons (Fsp3) is 0.125. The van der Waals surface area contributed by atoms with E-state index in [1.54, 1.807) is 42.5 Å². The van der Waals surface area contributed by atoms with Gasteiger partial charge in [0, 0.05) is 13.0 Å². The summed E-state index contributed by atoms with van der Waals surface area (Å²) >= 11 is 0. The third-order valence-electron chi connectivity index (χ3n) is 4.36. The molecule has 0 fully saturated rings. The minimum Gasteiger partial charge on any atom is -0.489 e. The Morgan fingerprint density at radius 2 is 1.66 bits per heavy atom. The number of ether oxygens (including phenoxy) is 1. The van der Waals surface area contributed by atoms with E-state index in [1.807, 2.05) is 0 Å². The minimum atomic E-state index is -0.620. The number of nitrogens with one attached hydrogen (secondary N) is 2. The van der Waals surface area contributed by atoms with Crippen LogP contribution in [0.2, 0.25) is 0 Å². The molecule has 0 aliphatic carbocycles. The first-order valence-electron chi connectivity index (χ1n) is 9.83. The molecule has 32 heavy (non-hydrogen) atoms. The van der Waals surface area contributed by atoms with Gasteiger partial charge in [0.15, 0.2) is 0 Å². The molecule has 164 valence electrons. The van der Waals surface area contributed by atoms with E-state index in [1.165, 1.54) is 36.5 Å². The molecule has 0 unspecified atom stereocenters. The Kier molecular flexibility index (Phi) is 8.02. The van der Waals surface area contributed by atoms with Crippen LogP contribution in [0.3, 0.4) is 0 Å². The predicted molar refractivity (Wildman–Crippen MR) is 116 cm³/mol. The van der Waals surface area contributed by atoms with Gasteiger partial charge in [-0.2, -0.15) is 5.10 Å². The number of nitrogens with zero attached hydrogens (tertiary/aromatic N) is 1. The Balaban J connectivity index is 1.37. The third kappa shape index (κ3) is 7.02. The first kappa shape index (κ1) is 22.6. The second-order valence-corrected chi connectivity index (χ2v) is 6.76. The van der Waals surface area contributed by atoms with E-state index < -0.39 is 17.6 Å². The minimum absolute atomic E-state index is 0.00625. The van der Waals surface area contributed by atoms with Crippen molar-refractivity contribution in [2.45, 2.75) is 13.0 Å². The molecule has 0 heterocycles. The highest BCUT2D eigenvalue weighted by Crippen LogP contribution is 2.14. The average molecular weight is 437 g/mol. The van der Waals surface area contributed by atoms with Gasteiger partial charge in [-0.05, 0) is 59.7 Å². The molecule has 2 N–H and O–H groups in total. The summed E-state index contributed by atoms with van der Waals surface area (Å²) in [5.41, 5.74) is 3.89. The zero-order valence-corrected chi connectivity index (χ0v) is 17.1. The van der Waals surface area contributed by atoms with Crippen molar-refractivity contribution in [2.24, 2.45) is 5.10 Å². The van der Waals surface area contributed by atoms with E-state index in [4.69, 9.17) is 4.74 Å². The Morgan fingerprint density at radius 3 is 2.38 bits per heavy atom. The molecule has 0 atom stereocenters. The number of carbonyl (C=O) groups is 2. The lowest BCUT2D eigenvalue weighted by Gasteiger charge is -2.06. The predicted octanol–water partition coefficient (Wildman–Crippen LogP) is 3.81. The van der Waals surface area contributed by atoms with Crippen molar-refractivity contribution in [3.05, 3.63) is 101 Å². The number of rotatable bonds is 9. The van der Waals surface area contributed by atoms with E-state index >= 15 is 0 Å². The van der Waals surface area contributed by atoms with Gasteiger partial charge in [0.2, 0.25) is 5.91 Å². The SMILES string of the molecule is O=C(CCNC(=O)c1ccccc1F)NN=Cc1ccc(OCc2ccc(F)cc2)cc1. The average Bonchev–Trinajstić information content (AvgIpc) is 2.80.